The molecule has 0 saturated carbocycles. The number of thioether (sulfide) groups is 1. The van der Waals surface area contributed by atoms with Gasteiger partial charge in [0.15, 0.2) is 11.0 Å². The maximum atomic E-state index is 12.2. The summed E-state index contributed by atoms with van der Waals surface area (Å²) in [6.07, 6.45) is 2.60. The van der Waals surface area contributed by atoms with Crippen LogP contribution < -0.4 is 5.32 Å². The average Bonchev–Trinajstić information content (AvgIpc) is 3.34. The molecule has 0 spiro atoms. The molecule has 0 radical (unpaired) electrons. The Bertz CT molecular complexity index is 913. The maximum absolute atomic E-state index is 12.2. The van der Waals surface area contributed by atoms with Crippen LogP contribution in [0.5, 0.6) is 0 Å². The van der Waals surface area contributed by atoms with Crippen molar-refractivity contribution in [2.45, 2.75) is 32.0 Å². The van der Waals surface area contributed by atoms with Crippen LogP contribution in [0.2, 0.25) is 0 Å². The summed E-state index contributed by atoms with van der Waals surface area (Å²) in [6, 6.07) is 2.08. The van der Waals surface area contributed by atoms with E-state index in [1.165, 1.54) is 28.0 Å². The first-order valence-corrected chi connectivity index (χ1v) is 10.6. The molecule has 3 aromatic rings. The lowest BCUT2D eigenvalue weighted by Crippen LogP contribution is -2.14. The molecule has 7 nitrogen and oxygen atoms in total. The molecule has 0 atom stereocenters. The fourth-order valence-electron chi connectivity index (χ4n) is 2.20. The zero-order valence-electron chi connectivity index (χ0n) is 14.4. The molecule has 0 aliphatic heterocycles. The molecule has 0 aliphatic rings. The van der Waals surface area contributed by atoms with Crippen LogP contribution in [0, 0.1) is 6.92 Å². The summed E-state index contributed by atoms with van der Waals surface area (Å²) in [4.78, 5) is 13.4. The maximum Gasteiger partial charge on any atom is 0.236 e. The Morgan fingerprint density at radius 3 is 2.88 bits per heavy atom. The Hall–Kier alpha value is -2.04. The van der Waals surface area contributed by atoms with Crippen LogP contribution in [0.3, 0.4) is 0 Å². The van der Waals surface area contributed by atoms with Crippen molar-refractivity contribution in [3.63, 3.8) is 0 Å². The van der Waals surface area contributed by atoms with Crippen molar-refractivity contribution in [2.24, 2.45) is 0 Å². The van der Waals surface area contributed by atoms with Crippen molar-refractivity contribution in [3.05, 3.63) is 34.0 Å². The van der Waals surface area contributed by atoms with E-state index >= 15 is 0 Å². The quantitative estimate of drug-likeness (QED) is 0.454. The molecule has 0 fully saturated rings. The summed E-state index contributed by atoms with van der Waals surface area (Å²) in [6.45, 7) is 8.44. The van der Waals surface area contributed by atoms with E-state index in [-0.39, 0.29) is 11.7 Å². The van der Waals surface area contributed by atoms with Crippen molar-refractivity contribution >= 4 is 45.5 Å². The Kier molecular flexibility index (Phi) is 6.17. The van der Waals surface area contributed by atoms with Crippen molar-refractivity contribution in [1.29, 1.82) is 0 Å². The Morgan fingerprint density at radius 2 is 2.23 bits per heavy atom. The molecule has 0 unspecified atom stereocenters. The molecular formula is C16H18N6OS3. The topological polar surface area (TPSA) is 85.6 Å². The van der Waals surface area contributed by atoms with Gasteiger partial charge in [0.25, 0.3) is 0 Å². The minimum atomic E-state index is -0.144. The number of allylic oxidation sites excluding steroid dienone is 1. The van der Waals surface area contributed by atoms with E-state index in [0.717, 1.165) is 22.8 Å². The minimum Gasteiger partial charge on any atom is -0.300 e. The number of hydrogen-bond acceptors (Lipinski definition) is 8. The van der Waals surface area contributed by atoms with Crippen LogP contribution in [-0.2, 0) is 17.8 Å². The highest BCUT2D eigenvalue weighted by molar-refractivity contribution is 7.99. The second kappa shape index (κ2) is 8.56. The highest BCUT2D eigenvalue weighted by Gasteiger charge is 2.16. The lowest BCUT2D eigenvalue weighted by Gasteiger charge is -2.06. The van der Waals surface area contributed by atoms with Gasteiger partial charge in [0.2, 0.25) is 11.0 Å². The predicted octanol–water partition coefficient (Wildman–Crippen LogP) is 3.65. The van der Waals surface area contributed by atoms with E-state index in [9.17, 15) is 4.79 Å². The molecule has 3 heterocycles. The zero-order valence-corrected chi connectivity index (χ0v) is 16.9. The number of rotatable bonds is 8. The molecule has 26 heavy (non-hydrogen) atoms. The number of nitrogens with one attached hydrogen (secondary N) is 1. The standard InChI is InChI=1S/C16H18N6OS3/c1-4-6-22-14(11-7-10(3)24-8-11)19-21-16(22)25-9-12(23)17-15-20-18-13(5-2)26-15/h4,7-8H,1,5-6,9H2,2-3H3,(H,17,20,23). The number of thiophene rings is 1. The predicted molar refractivity (Wildman–Crippen MR) is 107 cm³/mol. The highest BCUT2D eigenvalue weighted by Crippen LogP contribution is 2.27. The normalized spacial score (nSPS) is 10.8. The summed E-state index contributed by atoms with van der Waals surface area (Å²) in [5, 5.41) is 23.4. The monoisotopic (exact) mass is 406 g/mol. The van der Waals surface area contributed by atoms with E-state index < -0.39 is 0 Å². The highest BCUT2D eigenvalue weighted by atomic mass is 32.2. The molecule has 1 N–H and O–H groups in total. The number of carbonyl (C=O) groups excluding carboxylic acids is 1. The number of anilines is 1. The first-order valence-electron chi connectivity index (χ1n) is 7.95. The Morgan fingerprint density at radius 1 is 1.38 bits per heavy atom. The molecule has 3 aromatic heterocycles. The van der Waals surface area contributed by atoms with Crippen LogP contribution >= 0.6 is 34.4 Å². The average molecular weight is 407 g/mol. The van der Waals surface area contributed by atoms with Crippen LogP contribution in [0.25, 0.3) is 11.4 Å². The van der Waals surface area contributed by atoms with Gasteiger partial charge in [-0.05, 0) is 19.4 Å². The molecule has 0 aliphatic carbocycles. The molecule has 10 heteroatoms. The summed E-state index contributed by atoms with van der Waals surface area (Å²) in [7, 11) is 0. The van der Waals surface area contributed by atoms with Crippen molar-refractivity contribution < 1.29 is 4.79 Å². The molecule has 0 bridgehead atoms. The van der Waals surface area contributed by atoms with E-state index in [2.05, 4.69) is 50.7 Å². The fraction of sp³-hybridized carbons (Fsp3) is 0.312. The largest absolute Gasteiger partial charge is 0.300 e. The number of amides is 1. The summed E-state index contributed by atoms with van der Waals surface area (Å²) < 4.78 is 1.96. The number of aromatic nitrogens is 5. The van der Waals surface area contributed by atoms with Gasteiger partial charge in [0, 0.05) is 22.4 Å². The van der Waals surface area contributed by atoms with Crippen LogP contribution in [0.15, 0.2) is 29.3 Å². The van der Waals surface area contributed by atoms with Crippen molar-refractivity contribution in [2.75, 3.05) is 11.1 Å². The third-order valence-electron chi connectivity index (χ3n) is 3.37. The van der Waals surface area contributed by atoms with E-state index in [1.807, 2.05) is 11.5 Å². The van der Waals surface area contributed by atoms with Crippen molar-refractivity contribution in [3.8, 4) is 11.4 Å². The Labute approximate surface area is 163 Å². The molecule has 0 aromatic carbocycles. The van der Waals surface area contributed by atoms with E-state index in [4.69, 9.17) is 0 Å². The third-order valence-corrected chi connectivity index (χ3v) is 6.18. The summed E-state index contributed by atoms with van der Waals surface area (Å²) >= 11 is 4.40. The van der Waals surface area contributed by atoms with Gasteiger partial charge < -0.3 is 0 Å². The van der Waals surface area contributed by atoms with Gasteiger partial charge >= 0.3 is 0 Å². The summed E-state index contributed by atoms with van der Waals surface area (Å²) in [5.74, 6) is 0.864. The minimum absolute atomic E-state index is 0.144. The molecule has 1 amide bonds. The van der Waals surface area contributed by atoms with E-state index in [1.54, 1.807) is 17.4 Å². The third kappa shape index (κ3) is 4.37. The first-order chi connectivity index (χ1) is 12.6. The molecular weight excluding hydrogens is 388 g/mol. The van der Waals surface area contributed by atoms with Crippen LogP contribution in [-0.4, -0.2) is 36.6 Å². The first kappa shape index (κ1) is 18.7. The van der Waals surface area contributed by atoms with Crippen molar-refractivity contribution in [1.82, 2.24) is 25.0 Å². The second-order valence-electron chi connectivity index (χ2n) is 5.34. The lowest BCUT2D eigenvalue weighted by atomic mass is 10.3. The second-order valence-corrected chi connectivity index (χ2v) is 8.46. The fourth-order valence-corrected chi connectivity index (χ4v) is 4.32. The van der Waals surface area contributed by atoms with Gasteiger partial charge in [-0.25, -0.2) is 0 Å². The van der Waals surface area contributed by atoms with Crippen LogP contribution in [0.4, 0.5) is 5.13 Å². The number of nitrogens with zero attached hydrogens (tertiary/aromatic N) is 5. The number of aryl methyl sites for hydroxylation is 2. The zero-order chi connectivity index (χ0) is 18.5. The molecule has 136 valence electrons. The lowest BCUT2D eigenvalue weighted by molar-refractivity contribution is -0.113. The van der Waals surface area contributed by atoms with Crippen LogP contribution in [0.1, 0.15) is 16.8 Å². The Balaban J connectivity index is 1.68. The van der Waals surface area contributed by atoms with Gasteiger partial charge in [0.1, 0.15) is 5.01 Å². The summed E-state index contributed by atoms with van der Waals surface area (Å²) in [5.41, 5.74) is 1.03. The smallest absolute Gasteiger partial charge is 0.236 e. The van der Waals surface area contributed by atoms with Gasteiger partial charge in [0.05, 0.1) is 5.75 Å². The number of carbonyl (C=O) groups is 1. The molecule has 3 rings (SSSR count). The number of hydrogen-bond donors (Lipinski definition) is 1. The molecule has 0 saturated heterocycles. The van der Waals surface area contributed by atoms with E-state index in [0.29, 0.717) is 16.8 Å². The SMILES string of the molecule is C=CCn1c(SCC(=O)Nc2nnc(CC)s2)nnc1-c1csc(C)c1. The van der Waals surface area contributed by atoms with Gasteiger partial charge in [-0.1, -0.05) is 36.1 Å². The van der Waals surface area contributed by atoms with Gasteiger partial charge in [-0.3, -0.25) is 14.7 Å². The van der Waals surface area contributed by atoms with Gasteiger partial charge in [-0.15, -0.1) is 38.3 Å². The van der Waals surface area contributed by atoms with Gasteiger partial charge in [-0.2, -0.15) is 0 Å².